The normalized spacial score (nSPS) is 25.6. The first kappa shape index (κ1) is 14.4. The number of fused-ring (bicyclic) bond motifs is 1. The third-order valence-corrected chi connectivity index (χ3v) is 4.72. The summed E-state index contributed by atoms with van der Waals surface area (Å²) in [6, 6.07) is -0.0777. The van der Waals surface area contributed by atoms with Gasteiger partial charge in [-0.2, -0.15) is 0 Å². The molecule has 4 N–H and O–H groups in total. The van der Waals surface area contributed by atoms with Gasteiger partial charge in [0.25, 0.3) is 0 Å². The highest BCUT2D eigenvalue weighted by Gasteiger charge is 2.54. The van der Waals surface area contributed by atoms with Crippen molar-refractivity contribution in [2.45, 2.75) is 25.3 Å². The zero-order valence-electron chi connectivity index (χ0n) is 10.5. The molecule has 106 valence electrons. The van der Waals surface area contributed by atoms with E-state index in [1.54, 1.807) is 0 Å². The van der Waals surface area contributed by atoms with Crippen molar-refractivity contribution in [3.05, 3.63) is 10.6 Å². The molecule has 0 aromatic carbocycles. The number of hydrogen-bond donors (Lipinski definition) is 3. The van der Waals surface area contributed by atoms with E-state index < -0.39 is 5.97 Å². The van der Waals surface area contributed by atoms with Crippen LogP contribution in [0.5, 0.6) is 0 Å². The van der Waals surface area contributed by atoms with Gasteiger partial charge in [0, 0.05) is 17.9 Å². The molecule has 0 unspecified atom stereocenters. The molecule has 2 rings (SSSR count). The lowest BCUT2D eigenvalue weighted by Gasteiger charge is -2.43. The molecule has 7 heteroatoms. The van der Waals surface area contributed by atoms with Gasteiger partial charge in [-0.15, -0.1) is 11.8 Å². The second kappa shape index (κ2) is 5.94. The number of nitrogens with zero attached hydrogens (tertiary/aromatic N) is 1. The second-order valence-electron chi connectivity index (χ2n) is 4.67. The number of carbonyl (C=O) groups is 2. The van der Waals surface area contributed by atoms with Crippen molar-refractivity contribution in [1.29, 1.82) is 0 Å². The number of β-lactam (4-membered cyclic amide) rings is 1. The number of thioether (sulfide) groups is 1. The summed E-state index contributed by atoms with van der Waals surface area (Å²) in [5.41, 5.74) is 5.55. The van der Waals surface area contributed by atoms with Crippen molar-refractivity contribution >= 4 is 23.6 Å². The predicted octanol–water partition coefficient (Wildman–Crippen LogP) is -0.0223. The van der Waals surface area contributed by atoms with Crippen LogP contribution >= 0.6 is 11.8 Å². The summed E-state index contributed by atoms with van der Waals surface area (Å²) < 4.78 is 0. The van der Waals surface area contributed by atoms with Crippen LogP contribution in [0.2, 0.25) is 0 Å². The minimum Gasteiger partial charge on any atom is -0.477 e. The van der Waals surface area contributed by atoms with Gasteiger partial charge in [0.2, 0.25) is 5.91 Å². The number of aliphatic carboxylic acids is 1. The van der Waals surface area contributed by atoms with Crippen LogP contribution < -0.4 is 5.73 Å². The zero-order valence-corrected chi connectivity index (χ0v) is 11.4. The monoisotopic (exact) mass is 286 g/mol. The minimum atomic E-state index is -1.05. The number of aliphatic hydroxyl groups is 1. The molecule has 1 fully saturated rings. The highest BCUT2D eigenvalue weighted by atomic mass is 32.2. The van der Waals surface area contributed by atoms with Crippen molar-refractivity contribution in [2.24, 2.45) is 11.7 Å². The van der Waals surface area contributed by atoms with Gasteiger partial charge in [0.15, 0.2) is 0 Å². The maximum Gasteiger partial charge on any atom is 0.353 e. The first-order chi connectivity index (χ1) is 9.11. The van der Waals surface area contributed by atoms with Crippen LogP contribution in [0.1, 0.15) is 19.3 Å². The summed E-state index contributed by atoms with van der Waals surface area (Å²) in [5, 5.41) is 18.2. The molecular weight excluding hydrogens is 268 g/mol. The van der Waals surface area contributed by atoms with Gasteiger partial charge in [-0.25, -0.2) is 4.79 Å². The average molecular weight is 286 g/mol. The van der Waals surface area contributed by atoms with Crippen LogP contribution in [-0.2, 0) is 9.59 Å². The Hall–Kier alpha value is -1.05. The van der Waals surface area contributed by atoms with Gasteiger partial charge in [-0.05, 0) is 25.1 Å². The third kappa shape index (κ3) is 2.50. The topological polar surface area (TPSA) is 104 Å². The van der Waals surface area contributed by atoms with Gasteiger partial charge in [-0.3, -0.25) is 4.79 Å². The van der Waals surface area contributed by atoms with E-state index in [0.29, 0.717) is 19.4 Å². The maximum absolute atomic E-state index is 11.9. The number of carbonyl (C=O) groups excluding carboxylic acids is 1. The highest BCUT2D eigenvalue weighted by Crippen LogP contribution is 2.46. The number of hydrogen-bond acceptors (Lipinski definition) is 5. The van der Waals surface area contributed by atoms with Gasteiger partial charge in [0.1, 0.15) is 5.70 Å². The molecule has 0 aromatic rings. The van der Waals surface area contributed by atoms with E-state index in [0.717, 1.165) is 17.1 Å². The number of aliphatic hydroxyl groups excluding tert-OH is 1. The molecule has 1 amide bonds. The molecule has 0 aliphatic carbocycles. The Morgan fingerprint density at radius 2 is 2.26 bits per heavy atom. The van der Waals surface area contributed by atoms with Crippen LogP contribution in [0.25, 0.3) is 0 Å². The second-order valence-corrected chi connectivity index (χ2v) is 5.86. The summed E-state index contributed by atoms with van der Waals surface area (Å²) >= 11 is 1.48. The maximum atomic E-state index is 11.9. The van der Waals surface area contributed by atoms with E-state index in [1.807, 2.05) is 0 Å². The predicted molar refractivity (Wildman–Crippen MR) is 71.2 cm³/mol. The van der Waals surface area contributed by atoms with Crippen LogP contribution in [0.3, 0.4) is 0 Å². The average Bonchev–Trinajstić information content (AvgIpc) is 2.72. The number of amides is 1. The van der Waals surface area contributed by atoms with Gasteiger partial charge in [0.05, 0.1) is 12.0 Å². The van der Waals surface area contributed by atoms with E-state index in [9.17, 15) is 14.7 Å². The Balaban J connectivity index is 2.10. The fraction of sp³-hybridized carbons (Fsp3) is 0.667. The third-order valence-electron chi connectivity index (χ3n) is 3.52. The molecule has 6 nitrogen and oxygen atoms in total. The largest absolute Gasteiger partial charge is 0.477 e. The van der Waals surface area contributed by atoms with Gasteiger partial charge >= 0.3 is 5.97 Å². The van der Waals surface area contributed by atoms with Crippen molar-refractivity contribution in [3.8, 4) is 0 Å². The van der Waals surface area contributed by atoms with Crippen LogP contribution in [-0.4, -0.2) is 51.9 Å². The summed E-state index contributed by atoms with van der Waals surface area (Å²) in [4.78, 5) is 25.4. The van der Waals surface area contributed by atoms with Crippen molar-refractivity contribution in [1.82, 2.24) is 4.90 Å². The fourth-order valence-electron chi connectivity index (χ4n) is 2.62. The molecule has 2 aliphatic heterocycles. The molecule has 0 radical (unpaired) electrons. The van der Waals surface area contributed by atoms with E-state index in [2.05, 4.69) is 0 Å². The first-order valence-electron chi connectivity index (χ1n) is 6.35. The van der Waals surface area contributed by atoms with Crippen molar-refractivity contribution in [2.75, 3.05) is 18.9 Å². The number of rotatable bonds is 7. The Bertz CT molecular complexity index is 424. The lowest BCUT2D eigenvalue weighted by Crippen LogP contribution is -2.58. The SMILES string of the molecule is NCCCSC1=C(C(=O)O)N2C(=O)[C@H](CCO)[C@H]2C1. The lowest BCUT2D eigenvalue weighted by atomic mass is 9.85. The molecular formula is C12H18N2O4S. The van der Waals surface area contributed by atoms with E-state index >= 15 is 0 Å². The number of carboxylic acids is 1. The fourth-order valence-corrected chi connectivity index (χ4v) is 3.79. The van der Waals surface area contributed by atoms with Crippen molar-refractivity contribution < 1.29 is 19.8 Å². The van der Waals surface area contributed by atoms with Crippen molar-refractivity contribution in [3.63, 3.8) is 0 Å². The Labute approximate surface area is 115 Å². The molecule has 0 spiro atoms. The molecule has 19 heavy (non-hydrogen) atoms. The van der Waals surface area contributed by atoms with Crippen LogP contribution in [0, 0.1) is 5.92 Å². The van der Waals surface area contributed by atoms with Gasteiger partial charge in [-0.1, -0.05) is 0 Å². The Morgan fingerprint density at radius 1 is 1.53 bits per heavy atom. The molecule has 0 bridgehead atoms. The van der Waals surface area contributed by atoms with Crippen LogP contribution in [0.4, 0.5) is 0 Å². The molecule has 2 atom stereocenters. The molecule has 0 saturated carbocycles. The van der Waals surface area contributed by atoms with E-state index in [4.69, 9.17) is 10.8 Å². The molecule has 0 aromatic heterocycles. The zero-order chi connectivity index (χ0) is 14.0. The lowest BCUT2D eigenvalue weighted by molar-refractivity contribution is -0.155. The number of carboxylic acid groups (broad SMARTS) is 1. The standard InChI is InChI=1S/C12H18N2O4S/c13-3-1-5-19-9-6-8-7(2-4-15)11(16)14(8)10(9)12(17)18/h7-8,15H,1-6,13H2,(H,17,18)/t7-,8-/m1/s1. The number of nitrogens with two attached hydrogens (primary N) is 1. The highest BCUT2D eigenvalue weighted by molar-refractivity contribution is 8.03. The minimum absolute atomic E-state index is 0.0429. The van der Waals surface area contributed by atoms with E-state index in [-0.39, 0.29) is 30.2 Å². The van der Waals surface area contributed by atoms with Gasteiger partial charge < -0.3 is 20.8 Å². The summed E-state index contributed by atoms with van der Waals surface area (Å²) in [7, 11) is 0. The Kier molecular flexibility index (Phi) is 4.49. The summed E-state index contributed by atoms with van der Waals surface area (Å²) in [6.07, 6.45) is 1.82. The summed E-state index contributed by atoms with van der Waals surface area (Å²) in [6.45, 7) is 0.528. The first-order valence-corrected chi connectivity index (χ1v) is 7.33. The molecule has 2 aliphatic rings. The van der Waals surface area contributed by atoms with E-state index in [1.165, 1.54) is 16.7 Å². The van der Waals surface area contributed by atoms with Crippen LogP contribution in [0.15, 0.2) is 10.6 Å². The quantitative estimate of drug-likeness (QED) is 0.449. The Morgan fingerprint density at radius 3 is 2.84 bits per heavy atom. The summed E-state index contributed by atoms with van der Waals surface area (Å²) in [5.74, 6) is -0.687. The smallest absolute Gasteiger partial charge is 0.353 e. The molecule has 1 saturated heterocycles. The molecule has 2 heterocycles.